The van der Waals surface area contributed by atoms with Gasteiger partial charge in [0.15, 0.2) is 0 Å². The maximum absolute atomic E-state index is 11.1. The van der Waals surface area contributed by atoms with Crippen molar-refractivity contribution in [2.24, 2.45) is 0 Å². The molecule has 0 aromatic rings. The molecule has 0 spiro atoms. The lowest BCUT2D eigenvalue weighted by Gasteiger charge is -2.09. The van der Waals surface area contributed by atoms with Gasteiger partial charge in [-0.05, 0) is 26.0 Å². The molecule has 0 rings (SSSR count). The summed E-state index contributed by atoms with van der Waals surface area (Å²) in [7, 11) is 0. The minimum Gasteiger partial charge on any atom is -0.355 e. The molecule has 1 atom stereocenters. The van der Waals surface area contributed by atoms with Crippen molar-refractivity contribution < 1.29 is 4.79 Å². The molecule has 2 nitrogen and oxygen atoms in total. The van der Waals surface area contributed by atoms with E-state index in [2.05, 4.69) is 12.2 Å². The average molecular weight is 175 g/mol. The lowest BCUT2D eigenvalue weighted by Crippen LogP contribution is -2.30. The monoisotopic (exact) mass is 175 g/mol. The van der Waals surface area contributed by atoms with Crippen LogP contribution in [0.15, 0.2) is 0 Å². The van der Waals surface area contributed by atoms with Crippen molar-refractivity contribution in [2.75, 3.05) is 12.3 Å². The van der Waals surface area contributed by atoms with Gasteiger partial charge < -0.3 is 5.32 Å². The van der Waals surface area contributed by atoms with Gasteiger partial charge in [-0.15, -0.1) is 11.8 Å². The van der Waals surface area contributed by atoms with Gasteiger partial charge in [0.1, 0.15) is 0 Å². The quantitative estimate of drug-likeness (QED) is 0.688. The second-order valence-electron chi connectivity index (χ2n) is 2.41. The van der Waals surface area contributed by atoms with E-state index in [4.69, 9.17) is 0 Å². The molecule has 11 heavy (non-hydrogen) atoms. The molecule has 0 aromatic carbocycles. The van der Waals surface area contributed by atoms with Crippen molar-refractivity contribution in [3.05, 3.63) is 0 Å². The molecule has 0 saturated carbocycles. The van der Waals surface area contributed by atoms with Crippen LogP contribution in [-0.2, 0) is 4.79 Å². The number of carbonyl (C=O) groups excluding carboxylic acids is 1. The van der Waals surface area contributed by atoms with E-state index >= 15 is 0 Å². The van der Waals surface area contributed by atoms with Crippen LogP contribution in [0.5, 0.6) is 0 Å². The van der Waals surface area contributed by atoms with Gasteiger partial charge in [-0.1, -0.05) is 6.92 Å². The largest absolute Gasteiger partial charge is 0.355 e. The zero-order chi connectivity index (χ0) is 8.69. The molecule has 0 fully saturated rings. The molecule has 1 amide bonds. The second kappa shape index (κ2) is 6.53. The van der Waals surface area contributed by atoms with Crippen LogP contribution in [0.3, 0.4) is 0 Å². The number of amides is 1. The molecule has 0 aliphatic rings. The zero-order valence-electron chi connectivity index (χ0n) is 7.52. The van der Waals surface area contributed by atoms with Crippen molar-refractivity contribution in [3.8, 4) is 0 Å². The summed E-state index contributed by atoms with van der Waals surface area (Å²) in [6, 6.07) is 0. The third-order valence-corrected chi connectivity index (χ3v) is 2.65. The Morgan fingerprint density at radius 3 is 2.64 bits per heavy atom. The number of nitrogens with one attached hydrogen (secondary N) is 1. The maximum Gasteiger partial charge on any atom is 0.232 e. The van der Waals surface area contributed by atoms with Gasteiger partial charge in [-0.25, -0.2) is 0 Å². The van der Waals surface area contributed by atoms with E-state index < -0.39 is 0 Å². The normalized spacial score (nSPS) is 12.6. The van der Waals surface area contributed by atoms with Gasteiger partial charge in [0.2, 0.25) is 5.91 Å². The van der Waals surface area contributed by atoms with Crippen molar-refractivity contribution in [1.82, 2.24) is 5.32 Å². The van der Waals surface area contributed by atoms with E-state index in [1.165, 1.54) is 0 Å². The number of thioether (sulfide) groups is 1. The molecule has 3 heteroatoms. The first-order valence-corrected chi connectivity index (χ1v) is 5.16. The maximum atomic E-state index is 11.1. The Hall–Kier alpha value is -0.180. The summed E-state index contributed by atoms with van der Waals surface area (Å²) in [5.74, 6) is 1.23. The summed E-state index contributed by atoms with van der Waals surface area (Å²) in [5.41, 5.74) is 0. The van der Waals surface area contributed by atoms with Gasteiger partial charge in [0.05, 0.1) is 5.25 Å². The predicted molar refractivity (Wildman–Crippen MR) is 50.9 cm³/mol. The first-order valence-electron chi connectivity index (χ1n) is 4.11. The Morgan fingerprint density at radius 2 is 2.18 bits per heavy atom. The van der Waals surface area contributed by atoms with Crippen LogP contribution in [-0.4, -0.2) is 23.5 Å². The highest BCUT2D eigenvalue weighted by atomic mass is 32.2. The number of carbonyl (C=O) groups is 1. The van der Waals surface area contributed by atoms with E-state index in [0.717, 1.165) is 18.7 Å². The fourth-order valence-corrected chi connectivity index (χ4v) is 1.51. The first-order chi connectivity index (χ1) is 5.22. The SMILES string of the molecule is CCCS[C@H](C)C(=O)NCC. The fraction of sp³-hybridized carbons (Fsp3) is 0.875. The third-order valence-electron chi connectivity index (χ3n) is 1.29. The number of hydrogen-bond donors (Lipinski definition) is 1. The van der Waals surface area contributed by atoms with Crippen LogP contribution in [0.25, 0.3) is 0 Å². The van der Waals surface area contributed by atoms with E-state index in [9.17, 15) is 4.79 Å². The van der Waals surface area contributed by atoms with Crippen LogP contribution in [0.4, 0.5) is 0 Å². The van der Waals surface area contributed by atoms with Gasteiger partial charge in [-0.3, -0.25) is 4.79 Å². The summed E-state index contributed by atoms with van der Waals surface area (Å²) in [6.07, 6.45) is 1.13. The van der Waals surface area contributed by atoms with E-state index in [1.807, 2.05) is 13.8 Å². The van der Waals surface area contributed by atoms with Crippen molar-refractivity contribution in [3.63, 3.8) is 0 Å². The second-order valence-corrected chi connectivity index (χ2v) is 3.86. The van der Waals surface area contributed by atoms with Crippen molar-refractivity contribution in [2.45, 2.75) is 32.4 Å². The van der Waals surface area contributed by atoms with E-state index in [-0.39, 0.29) is 11.2 Å². The summed E-state index contributed by atoms with van der Waals surface area (Å²) in [6.45, 7) is 6.74. The van der Waals surface area contributed by atoms with Crippen molar-refractivity contribution in [1.29, 1.82) is 0 Å². The number of rotatable bonds is 5. The Bertz CT molecular complexity index is 117. The summed E-state index contributed by atoms with van der Waals surface area (Å²) in [4.78, 5) is 11.1. The molecule has 0 aromatic heterocycles. The molecule has 0 unspecified atom stereocenters. The Kier molecular flexibility index (Phi) is 6.42. The van der Waals surface area contributed by atoms with Gasteiger partial charge in [0.25, 0.3) is 0 Å². The molecular formula is C8H17NOS. The minimum atomic E-state index is 0.106. The highest BCUT2D eigenvalue weighted by molar-refractivity contribution is 8.00. The van der Waals surface area contributed by atoms with Gasteiger partial charge in [0, 0.05) is 6.54 Å². The van der Waals surface area contributed by atoms with Crippen LogP contribution in [0.2, 0.25) is 0 Å². The summed E-state index contributed by atoms with van der Waals surface area (Å²) in [5, 5.41) is 2.90. The Balaban J connectivity index is 3.46. The van der Waals surface area contributed by atoms with Crippen LogP contribution in [0.1, 0.15) is 27.2 Å². The lowest BCUT2D eigenvalue weighted by molar-refractivity contribution is -0.120. The van der Waals surface area contributed by atoms with E-state index in [0.29, 0.717) is 0 Å². The van der Waals surface area contributed by atoms with Crippen LogP contribution >= 0.6 is 11.8 Å². The zero-order valence-corrected chi connectivity index (χ0v) is 8.33. The van der Waals surface area contributed by atoms with E-state index in [1.54, 1.807) is 11.8 Å². The van der Waals surface area contributed by atoms with Crippen LogP contribution < -0.4 is 5.32 Å². The minimum absolute atomic E-state index is 0.106. The molecule has 0 radical (unpaired) electrons. The molecule has 0 aliphatic carbocycles. The molecule has 0 bridgehead atoms. The summed E-state index contributed by atoms with van der Waals surface area (Å²) >= 11 is 1.71. The van der Waals surface area contributed by atoms with Crippen molar-refractivity contribution >= 4 is 17.7 Å². The molecular weight excluding hydrogens is 158 g/mol. The molecule has 0 saturated heterocycles. The molecule has 0 heterocycles. The molecule has 1 N–H and O–H groups in total. The smallest absolute Gasteiger partial charge is 0.232 e. The topological polar surface area (TPSA) is 29.1 Å². The van der Waals surface area contributed by atoms with Gasteiger partial charge >= 0.3 is 0 Å². The average Bonchev–Trinajstić information content (AvgIpc) is 2.00. The summed E-state index contributed by atoms with van der Waals surface area (Å²) < 4.78 is 0. The third kappa shape index (κ3) is 5.13. The van der Waals surface area contributed by atoms with Gasteiger partial charge in [-0.2, -0.15) is 0 Å². The highest BCUT2D eigenvalue weighted by Gasteiger charge is 2.10. The standard InChI is InChI=1S/C8H17NOS/c1-4-6-11-7(3)8(10)9-5-2/h7H,4-6H2,1-3H3,(H,9,10)/t7-/m1/s1. The molecule has 66 valence electrons. The predicted octanol–water partition coefficient (Wildman–Crippen LogP) is 1.65. The van der Waals surface area contributed by atoms with Crippen LogP contribution in [0, 0.1) is 0 Å². The fourth-order valence-electron chi connectivity index (χ4n) is 0.688. The highest BCUT2D eigenvalue weighted by Crippen LogP contribution is 2.10. The number of hydrogen-bond acceptors (Lipinski definition) is 2. The Labute approximate surface area is 73.1 Å². The Morgan fingerprint density at radius 1 is 1.55 bits per heavy atom. The first kappa shape index (κ1) is 10.8. The lowest BCUT2D eigenvalue weighted by atomic mass is 10.4. The molecule has 0 aliphatic heterocycles.